The van der Waals surface area contributed by atoms with Crippen LogP contribution in [0, 0.1) is 10.1 Å². The lowest BCUT2D eigenvalue weighted by Crippen LogP contribution is -2.10. The molecule has 90 valence electrons. The van der Waals surface area contributed by atoms with Crippen LogP contribution in [-0.4, -0.2) is 19.1 Å². The lowest BCUT2D eigenvalue weighted by Gasteiger charge is -2.18. The molecule has 0 aliphatic carbocycles. The van der Waals surface area contributed by atoms with Gasteiger partial charge in [-0.15, -0.1) is 0 Å². The molecule has 0 spiro atoms. The topological polar surface area (TPSA) is 52.4 Å². The highest BCUT2D eigenvalue weighted by Crippen LogP contribution is 2.23. The number of hydrogen-bond donors (Lipinski definition) is 0. The number of rotatable bonds is 1. The van der Waals surface area contributed by atoms with Crippen LogP contribution in [0.3, 0.4) is 0 Å². The van der Waals surface area contributed by atoms with Crippen LogP contribution in [0.4, 0.5) is 5.69 Å². The molecule has 1 aromatic rings. The van der Waals surface area contributed by atoms with Crippen LogP contribution < -0.4 is 0 Å². The number of non-ortho nitro benzene ring substituents is 1. The average Bonchev–Trinajstić information content (AvgIpc) is 2.18. The van der Waals surface area contributed by atoms with E-state index in [-0.39, 0.29) is 16.0 Å². The zero-order valence-corrected chi connectivity index (χ0v) is 10.5. The van der Waals surface area contributed by atoms with E-state index in [1.807, 2.05) is 0 Å². The van der Waals surface area contributed by atoms with Crippen molar-refractivity contribution in [3.05, 3.63) is 39.9 Å². The largest absolute Gasteiger partial charge is 0.388 e. The number of nitro benzene ring substituents is 1. The summed E-state index contributed by atoms with van der Waals surface area (Å²) in [6.45, 7) is 6.23. The molecule has 0 heterocycles. The minimum absolute atomic E-state index is 0.0507. The van der Waals surface area contributed by atoms with Crippen LogP contribution in [0.2, 0.25) is 0 Å². The summed E-state index contributed by atoms with van der Waals surface area (Å²) >= 11 is 0. The first-order valence-electron chi connectivity index (χ1n) is 4.98. The minimum Gasteiger partial charge on any atom is -0.388 e. The molecular formula is C12H19NO3. The van der Waals surface area contributed by atoms with Crippen molar-refractivity contribution >= 4 is 5.69 Å². The smallest absolute Gasteiger partial charge is 0.269 e. The second-order valence-corrected chi connectivity index (χ2v) is 4.46. The molecule has 0 saturated heterocycles. The van der Waals surface area contributed by atoms with Gasteiger partial charge in [-0.1, -0.05) is 32.9 Å². The Morgan fingerprint density at radius 2 is 1.50 bits per heavy atom. The number of nitro groups is 1. The zero-order valence-electron chi connectivity index (χ0n) is 10.5. The van der Waals surface area contributed by atoms with Crippen LogP contribution in [0.25, 0.3) is 0 Å². The Kier molecular flexibility index (Phi) is 5.67. The molecule has 4 heteroatoms. The second kappa shape index (κ2) is 6.23. The summed E-state index contributed by atoms with van der Waals surface area (Å²) in [5, 5.41) is 10.4. The maximum atomic E-state index is 10.4. The van der Waals surface area contributed by atoms with Gasteiger partial charge in [0, 0.05) is 26.4 Å². The fourth-order valence-electron chi connectivity index (χ4n) is 1.08. The van der Waals surface area contributed by atoms with Crippen molar-refractivity contribution < 1.29 is 9.66 Å². The summed E-state index contributed by atoms with van der Waals surface area (Å²) in [7, 11) is 3.25. The molecule has 4 nitrogen and oxygen atoms in total. The normalized spacial score (nSPS) is 10.3. The third-order valence-corrected chi connectivity index (χ3v) is 1.94. The molecule has 0 unspecified atom stereocenters. The van der Waals surface area contributed by atoms with E-state index in [9.17, 15) is 10.1 Å². The lowest BCUT2D eigenvalue weighted by molar-refractivity contribution is -0.384. The van der Waals surface area contributed by atoms with E-state index < -0.39 is 0 Å². The Bertz CT molecular complexity index is 325. The van der Waals surface area contributed by atoms with Gasteiger partial charge in [0.2, 0.25) is 0 Å². The third-order valence-electron chi connectivity index (χ3n) is 1.94. The van der Waals surface area contributed by atoms with Gasteiger partial charge in [-0.2, -0.15) is 0 Å². The van der Waals surface area contributed by atoms with Crippen molar-refractivity contribution in [1.29, 1.82) is 0 Å². The Balaban J connectivity index is 0.000000673. The van der Waals surface area contributed by atoms with Crippen molar-refractivity contribution in [2.45, 2.75) is 26.2 Å². The van der Waals surface area contributed by atoms with Crippen molar-refractivity contribution in [2.24, 2.45) is 0 Å². The van der Waals surface area contributed by atoms with Crippen LogP contribution in [0.15, 0.2) is 24.3 Å². The monoisotopic (exact) mass is 225 g/mol. The van der Waals surface area contributed by atoms with Gasteiger partial charge >= 0.3 is 0 Å². The first-order chi connectivity index (χ1) is 7.32. The molecule has 1 aromatic carbocycles. The van der Waals surface area contributed by atoms with Crippen molar-refractivity contribution in [3.8, 4) is 0 Å². The molecule has 0 aliphatic heterocycles. The van der Waals surface area contributed by atoms with Crippen molar-refractivity contribution in [1.82, 2.24) is 0 Å². The summed E-state index contributed by atoms with van der Waals surface area (Å²) in [6, 6.07) is 6.69. The highest BCUT2D eigenvalue weighted by molar-refractivity contribution is 5.35. The maximum absolute atomic E-state index is 10.4. The number of ether oxygens (including phenoxy) is 1. The molecule has 1 rings (SSSR count). The van der Waals surface area contributed by atoms with E-state index >= 15 is 0 Å². The van der Waals surface area contributed by atoms with E-state index in [4.69, 9.17) is 0 Å². The lowest BCUT2D eigenvalue weighted by atomic mass is 9.87. The molecule has 0 aliphatic rings. The molecule has 0 radical (unpaired) electrons. The summed E-state index contributed by atoms with van der Waals surface area (Å²) in [5.41, 5.74) is 1.31. The summed E-state index contributed by atoms with van der Waals surface area (Å²) in [4.78, 5) is 9.98. The van der Waals surface area contributed by atoms with Crippen LogP contribution >= 0.6 is 0 Å². The molecule has 16 heavy (non-hydrogen) atoms. The number of methoxy groups -OCH3 is 1. The Morgan fingerprint density at radius 3 is 1.75 bits per heavy atom. The Hall–Kier alpha value is -1.42. The highest BCUT2D eigenvalue weighted by atomic mass is 16.6. The predicted octanol–water partition coefficient (Wildman–Crippen LogP) is 3.15. The number of benzene rings is 1. The quantitative estimate of drug-likeness (QED) is 0.545. The Labute approximate surface area is 96.4 Å². The maximum Gasteiger partial charge on any atom is 0.269 e. The summed E-state index contributed by atoms with van der Waals surface area (Å²) in [6.07, 6.45) is 0. The van der Waals surface area contributed by atoms with E-state index in [2.05, 4.69) is 25.5 Å². The standard InChI is InChI=1S/C10H13NO2.C2H6O/c1-10(2,3)8-4-6-9(7-5-8)11(12)13;1-3-2/h4-7H,1-3H3;1-2H3. The van der Waals surface area contributed by atoms with Gasteiger partial charge in [0.05, 0.1) is 4.92 Å². The SMILES string of the molecule is CC(C)(C)c1ccc([N+](=O)[O-])cc1.COC. The number of hydrogen-bond acceptors (Lipinski definition) is 3. The van der Waals surface area contributed by atoms with Gasteiger partial charge in [-0.05, 0) is 11.0 Å². The molecule has 0 amide bonds. The number of nitrogens with zero attached hydrogens (tertiary/aromatic N) is 1. The van der Waals surface area contributed by atoms with Gasteiger partial charge in [-0.25, -0.2) is 0 Å². The van der Waals surface area contributed by atoms with Crippen molar-refractivity contribution in [3.63, 3.8) is 0 Å². The highest BCUT2D eigenvalue weighted by Gasteiger charge is 2.14. The zero-order chi connectivity index (χ0) is 12.8. The van der Waals surface area contributed by atoms with E-state index in [1.54, 1.807) is 38.5 Å². The second-order valence-electron chi connectivity index (χ2n) is 4.46. The first kappa shape index (κ1) is 14.6. The van der Waals surface area contributed by atoms with E-state index in [0.29, 0.717) is 0 Å². The van der Waals surface area contributed by atoms with Gasteiger partial charge in [-0.3, -0.25) is 10.1 Å². The Morgan fingerprint density at radius 1 is 1.12 bits per heavy atom. The fourth-order valence-corrected chi connectivity index (χ4v) is 1.08. The first-order valence-corrected chi connectivity index (χ1v) is 4.98. The fraction of sp³-hybridized carbons (Fsp3) is 0.500. The third kappa shape index (κ3) is 4.89. The van der Waals surface area contributed by atoms with Gasteiger partial charge < -0.3 is 4.74 Å². The minimum atomic E-state index is -0.383. The summed E-state index contributed by atoms with van der Waals surface area (Å²) < 4.78 is 4.25. The van der Waals surface area contributed by atoms with Gasteiger partial charge in [0.25, 0.3) is 5.69 Å². The predicted molar refractivity (Wildman–Crippen MR) is 64.7 cm³/mol. The average molecular weight is 225 g/mol. The van der Waals surface area contributed by atoms with Crippen molar-refractivity contribution in [2.75, 3.05) is 14.2 Å². The molecule has 0 N–H and O–H groups in total. The molecular weight excluding hydrogens is 206 g/mol. The molecule has 0 atom stereocenters. The molecule has 0 fully saturated rings. The molecule has 0 bridgehead atoms. The molecule has 0 aromatic heterocycles. The summed E-state index contributed by atoms with van der Waals surface area (Å²) in [5.74, 6) is 0. The van der Waals surface area contributed by atoms with Crippen LogP contribution in [0.5, 0.6) is 0 Å². The van der Waals surface area contributed by atoms with Crippen LogP contribution in [0.1, 0.15) is 26.3 Å². The molecule has 0 saturated carbocycles. The van der Waals surface area contributed by atoms with Gasteiger partial charge in [0.15, 0.2) is 0 Å². The van der Waals surface area contributed by atoms with E-state index in [1.165, 1.54) is 0 Å². The van der Waals surface area contributed by atoms with E-state index in [0.717, 1.165) is 5.56 Å². The van der Waals surface area contributed by atoms with Crippen LogP contribution in [-0.2, 0) is 10.2 Å². The van der Waals surface area contributed by atoms with Gasteiger partial charge in [0.1, 0.15) is 0 Å².